The first-order chi connectivity index (χ1) is 7.61. The Balaban J connectivity index is 2.08. The van der Waals surface area contributed by atoms with Crippen LogP contribution in [0.15, 0.2) is 11.4 Å². The van der Waals surface area contributed by atoms with Gasteiger partial charge in [0.2, 0.25) is 0 Å². The normalized spacial score (nSPS) is 24.2. The lowest BCUT2D eigenvalue weighted by Crippen LogP contribution is -2.43. The van der Waals surface area contributed by atoms with Crippen LogP contribution in [0.3, 0.4) is 0 Å². The Morgan fingerprint density at radius 2 is 1.94 bits per heavy atom. The first kappa shape index (κ1) is 11.4. The fourth-order valence-corrected chi connectivity index (χ4v) is 2.70. The van der Waals surface area contributed by atoms with E-state index in [9.17, 15) is 10.1 Å². The fourth-order valence-electron chi connectivity index (χ4n) is 2.70. The fraction of sp³-hybridized carbons (Fsp3) is 0.818. The van der Waals surface area contributed by atoms with Gasteiger partial charge in [0, 0.05) is 13.1 Å². The number of allylic oxidation sites excluding steroid dienone is 1. The van der Waals surface area contributed by atoms with Crippen molar-refractivity contribution in [2.45, 2.75) is 45.1 Å². The van der Waals surface area contributed by atoms with Gasteiger partial charge in [-0.1, -0.05) is 19.3 Å². The lowest BCUT2D eigenvalue weighted by Gasteiger charge is -2.36. The van der Waals surface area contributed by atoms with Gasteiger partial charge < -0.3 is 5.01 Å². The molecule has 0 unspecified atom stereocenters. The molecule has 2 aliphatic rings. The highest BCUT2D eigenvalue weighted by Crippen LogP contribution is 2.30. The third-order valence-corrected chi connectivity index (χ3v) is 3.82. The van der Waals surface area contributed by atoms with Gasteiger partial charge in [0.1, 0.15) is 12.2 Å². The maximum atomic E-state index is 10.9. The van der Waals surface area contributed by atoms with E-state index < -0.39 is 0 Å². The van der Waals surface area contributed by atoms with Gasteiger partial charge in [-0.25, -0.2) is 5.01 Å². The Kier molecular flexibility index (Phi) is 3.14. The van der Waals surface area contributed by atoms with Gasteiger partial charge in [0.25, 0.3) is 5.70 Å². The molecule has 5 heteroatoms. The number of hydrazine groups is 1. The van der Waals surface area contributed by atoms with Crippen molar-refractivity contribution in [1.29, 1.82) is 0 Å². The molecule has 0 atom stereocenters. The van der Waals surface area contributed by atoms with E-state index in [2.05, 4.69) is 5.01 Å². The van der Waals surface area contributed by atoms with Crippen LogP contribution in [0, 0.1) is 10.1 Å². The third kappa shape index (κ3) is 1.91. The van der Waals surface area contributed by atoms with Gasteiger partial charge in [0.15, 0.2) is 0 Å². The highest BCUT2D eigenvalue weighted by molar-refractivity contribution is 5.11. The second-order valence-corrected chi connectivity index (χ2v) is 4.70. The van der Waals surface area contributed by atoms with Gasteiger partial charge in [0.05, 0.1) is 4.92 Å². The zero-order chi connectivity index (χ0) is 11.7. The number of hydrogen-bond acceptors (Lipinski definition) is 4. The molecule has 1 aliphatic heterocycles. The average molecular weight is 225 g/mol. The first-order valence-corrected chi connectivity index (χ1v) is 5.95. The molecular weight excluding hydrogens is 206 g/mol. The van der Waals surface area contributed by atoms with Crippen molar-refractivity contribution in [1.82, 2.24) is 10.0 Å². The number of hydrogen-bond donors (Lipinski definition) is 0. The quantitative estimate of drug-likeness (QED) is 0.532. The Labute approximate surface area is 95.8 Å². The van der Waals surface area contributed by atoms with Crippen molar-refractivity contribution in [2.75, 3.05) is 13.6 Å². The van der Waals surface area contributed by atoms with Crippen molar-refractivity contribution < 1.29 is 4.92 Å². The lowest BCUT2D eigenvalue weighted by atomic mass is 9.95. The van der Waals surface area contributed by atoms with Crippen LogP contribution < -0.4 is 0 Å². The van der Waals surface area contributed by atoms with E-state index in [1.54, 1.807) is 0 Å². The molecule has 1 aliphatic carbocycles. The van der Waals surface area contributed by atoms with Crippen molar-refractivity contribution in [3.05, 3.63) is 21.5 Å². The molecule has 16 heavy (non-hydrogen) atoms. The predicted octanol–water partition coefficient (Wildman–Crippen LogP) is 1.99. The molecule has 1 fully saturated rings. The largest absolute Gasteiger partial charge is 0.306 e. The predicted molar refractivity (Wildman–Crippen MR) is 61.0 cm³/mol. The Bertz CT molecular complexity index is 321. The van der Waals surface area contributed by atoms with Crippen molar-refractivity contribution in [3.63, 3.8) is 0 Å². The third-order valence-electron chi connectivity index (χ3n) is 3.82. The van der Waals surface area contributed by atoms with Crippen molar-refractivity contribution >= 4 is 0 Å². The van der Waals surface area contributed by atoms with Crippen molar-refractivity contribution in [3.8, 4) is 0 Å². The van der Waals surface area contributed by atoms with E-state index in [-0.39, 0.29) is 4.92 Å². The summed E-state index contributed by atoms with van der Waals surface area (Å²) in [4.78, 5) is 10.6. The molecule has 0 radical (unpaired) electrons. The summed E-state index contributed by atoms with van der Waals surface area (Å²) in [5.74, 6) is 0. The van der Waals surface area contributed by atoms with E-state index in [1.807, 2.05) is 19.0 Å². The van der Waals surface area contributed by atoms with Gasteiger partial charge in [-0.2, -0.15) is 0 Å². The molecule has 0 aromatic rings. The molecule has 2 rings (SSSR count). The Morgan fingerprint density at radius 3 is 2.44 bits per heavy atom. The monoisotopic (exact) mass is 225 g/mol. The van der Waals surface area contributed by atoms with Gasteiger partial charge >= 0.3 is 0 Å². The van der Waals surface area contributed by atoms with E-state index in [0.29, 0.717) is 18.3 Å². The number of nitrogens with zero attached hydrogens (tertiary/aromatic N) is 3. The summed E-state index contributed by atoms with van der Waals surface area (Å²) in [6.45, 7) is 2.31. The maximum absolute atomic E-state index is 10.9. The molecule has 5 nitrogen and oxygen atoms in total. The van der Waals surface area contributed by atoms with Crippen LogP contribution in [0.4, 0.5) is 0 Å². The molecular formula is C11H19N3O2. The van der Waals surface area contributed by atoms with Crippen LogP contribution in [0.1, 0.15) is 39.0 Å². The molecule has 0 aromatic heterocycles. The summed E-state index contributed by atoms with van der Waals surface area (Å²) in [6.07, 6.45) is 6.15. The smallest absolute Gasteiger partial charge is 0.282 e. The van der Waals surface area contributed by atoms with Gasteiger partial charge in [-0.3, -0.25) is 10.1 Å². The Hall–Kier alpha value is -1.10. The van der Waals surface area contributed by atoms with Crippen LogP contribution in [-0.2, 0) is 0 Å². The molecule has 0 amide bonds. The minimum absolute atomic E-state index is 0.241. The molecule has 0 bridgehead atoms. The summed E-state index contributed by atoms with van der Waals surface area (Å²) in [6, 6.07) is 0.492. The highest BCUT2D eigenvalue weighted by Gasteiger charge is 2.36. The van der Waals surface area contributed by atoms with Crippen LogP contribution in [0.2, 0.25) is 0 Å². The van der Waals surface area contributed by atoms with Crippen LogP contribution >= 0.6 is 0 Å². The molecule has 1 heterocycles. The SMILES string of the molecule is CC1=C([N+](=O)[O-])CN(C2CCCCC2)N1C. The summed E-state index contributed by atoms with van der Waals surface area (Å²) >= 11 is 0. The zero-order valence-corrected chi connectivity index (χ0v) is 9.98. The van der Waals surface area contributed by atoms with E-state index in [0.717, 1.165) is 5.70 Å². The van der Waals surface area contributed by atoms with Crippen LogP contribution in [0.25, 0.3) is 0 Å². The molecule has 0 aromatic carbocycles. The summed E-state index contributed by atoms with van der Waals surface area (Å²) in [5.41, 5.74) is 1.14. The Morgan fingerprint density at radius 1 is 1.31 bits per heavy atom. The molecule has 0 saturated heterocycles. The maximum Gasteiger partial charge on any atom is 0.282 e. The van der Waals surface area contributed by atoms with E-state index in [4.69, 9.17) is 0 Å². The summed E-state index contributed by atoms with van der Waals surface area (Å²) in [5, 5.41) is 15.0. The molecule has 1 saturated carbocycles. The van der Waals surface area contributed by atoms with Gasteiger partial charge in [-0.15, -0.1) is 0 Å². The van der Waals surface area contributed by atoms with Crippen LogP contribution in [0.5, 0.6) is 0 Å². The summed E-state index contributed by atoms with van der Waals surface area (Å²) < 4.78 is 0. The number of rotatable bonds is 2. The topological polar surface area (TPSA) is 49.6 Å². The van der Waals surface area contributed by atoms with Crippen LogP contribution in [-0.4, -0.2) is 34.6 Å². The standard InChI is InChI=1S/C11H19N3O2/c1-9-11(14(15)16)8-13(12(9)2)10-6-4-3-5-7-10/h10H,3-8H2,1-2H3. The first-order valence-electron chi connectivity index (χ1n) is 5.95. The van der Waals surface area contributed by atoms with Crippen molar-refractivity contribution in [2.24, 2.45) is 0 Å². The van der Waals surface area contributed by atoms with Gasteiger partial charge in [-0.05, 0) is 19.8 Å². The summed E-state index contributed by atoms with van der Waals surface area (Å²) in [7, 11) is 1.93. The zero-order valence-electron chi connectivity index (χ0n) is 9.98. The highest BCUT2D eigenvalue weighted by atomic mass is 16.6. The second kappa shape index (κ2) is 4.41. The minimum Gasteiger partial charge on any atom is -0.306 e. The number of nitro groups is 1. The molecule has 0 spiro atoms. The van der Waals surface area contributed by atoms with E-state index >= 15 is 0 Å². The molecule has 90 valence electrons. The van der Waals surface area contributed by atoms with E-state index in [1.165, 1.54) is 32.1 Å². The lowest BCUT2D eigenvalue weighted by molar-refractivity contribution is -0.427. The average Bonchev–Trinajstić information content (AvgIpc) is 2.58. The minimum atomic E-state index is -0.241. The second-order valence-electron chi connectivity index (χ2n) is 4.70. The molecule has 0 N–H and O–H groups in total.